The summed E-state index contributed by atoms with van der Waals surface area (Å²) in [6, 6.07) is 0. The van der Waals surface area contributed by atoms with Gasteiger partial charge in [0.25, 0.3) is 0 Å². The maximum Gasteiger partial charge on any atom is 0.0471 e. The smallest absolute Gasteiger partial charge is 0.0471 e. The fourth-order valence-corrected chi connectivity index (χ4v) is 0.989. The summed E-state index contributed by atoms with van der Waals surface area (Å²) in [5.41, 5.74) is 0.341. The van der Waals surface area contributed by atoms with Crippen LogP contribution in [0.15, 0.2) is 0 Å². The Hall–Kier alpha value is -0.0800. The van der Waals surface area contributed by atoms with E-state index in [1.54, 1.807) is 0 Å². The SMILES string of the molecule is CCC(CO)CNCC(C)(C)C. The lowest BCUT2D eigenvalue weighted by atomic mass is 9.96. The van der Waals surface area contributed by atoms with Gasteiger partial charge in [-0.15, -0.1) is 0 Å². The highest BCUT2D eigenvalue weighted by Crippen LogP contribution is 2.10. The van der Waals surface area contributed by atoms with E-state index >= 15 is 0 Å². The van der Waals surface area contributed by atoms with Crippen molar-refractivity contribution >= 4 is 0 Å². The Morgan fingerprint density at radius 1 is 1.33 bits per heavy atom. The monoisotopic (exact) mass is 173 g/mol. The predicted octanol–water partition coefficient (Wildman–Crippen LogP) is 1.64. The normalized spacial score (nSPS) is 14.8. The largest absolute Gasteiger partial charge is 0.396 e. The zero-order valence-electron chi connectivity index (χ0n) is 8.85. The molecule has 74 valence electrons. The summed E-state index contributed by atoms with van der Waals surface area (Å²) in [5, 5.41) is 12.3. The second kappa shape index (κ2) is 5.55. The van der Waals surface area contributed by atoms with Crippen molar-refractivity contribution in [3.8, 4) is 0 Å². The number of hydrogen-bond acceptors (Lipinski definition) is 2. The lowest BCUT2D eigenvalue weighted by molar-refractivity contribution is 0.214. The molecule has 0 fully saturated rings. The van der Waals surface area contributed by atoms with Crippen molar-refractivity contribution in [3.63, 3.8) is 0 Å². The molecular weight excluding hydrogens is 150 g/mol. The van der Waals surface area contributed by atoms with E-state index in [0.29, 0.717) is 17.9 Å². The van der Waals surface area contributed by atoms with E-state index in [1.807, 2.05) is 0 Å². The number of aliphatic hydroxyl groups is 1. The van der Waals surface area contributed by atoms with Gasteiger partial charge in [-0.3, -0.25) is 0 Å². The van der Waals surface area contributed by atoms with Crippen LogP contribution in [0.3, 0.4) is 0 Å². The van der Waals surface area contributed by atoms with Crippen LogP contribution in [-0.4, -0.2) is 24.8 Å². The quantitative estimate of drug-likeness (QED) is 0.662. The van der Waals surface area contributed by atoms with Crippen molar-refractivity contribution in [1.29, 1.82) is 0 Å². The molecule has 0 aliphatic rings. The van der Waals surface area contributed by atoms with E-state index in [0.717, 1.165) is 19.5 Å². The molecule has 0 aromatic rings. The van der Waals surface area contributed by atoms with Crippen LogP contribution in [0, 0.1) is 11.3 Å². The minimum absolute atomic E-state index is 0.299. The first-order valence-corrected chi connectivity index (χ1v) is 4.81. The fourth-order valence-electron chi connectivity index (χ4n) is 0.989. The topological polar surface area (TPSA) is 32.3 Å². The van der Waals surface area contributed by atoms with Gasteiger partial charge in [0.15, 0.2) is 0 Å². The predicted molar refractivity (Wildman–Crippen MR) is 53.2 cm³/mol. The Morgan fingerprint density at radius 3 is 2.25 bits per heavy atom. The summed E-state index contributed by atoms with van der Waals surface area (Å²) in [6.07, 6.45) is 1.05. The molecule has 0 rings (SSSR count). The summed E-state index contributed by atoms with van der Waals surface area (Å²) in [6.45, 7) is 11.0. The van der Waals surface area contributed by atoms with Crippen LogP contribution >= 0.6 is 0 Å². The summed E-state index contributed by atoms with van der Waals surface area (Å²) in [7, 11) is 0. The van der Waals surface area contributed by atoms with Crippen LogP contribution in [0.5, 0.6) is 0 Å². The average molecular weight is 173 g/mol. The summed E-state index contributed by atoms with van der Waals surface area (Å²) in [4.78, 5) is 0. The van der Waals surface area contributed by atoms with Gasteiger partial charge in [0.05, 0.1) is 0 Å². The van der Waals surface area contributed by atoms with Crippen LogP contribution in [0.4, 0.5) is 0 Å². The summed E-state index contributed by atoms with van der Waals surface area (Å²) >= 11 is 0. The zero-order valence-corrected chi connectivity index (χ0v) is 8.85. The van der Waals surface area contributed by atoms with Gasteiger partial charge in [-0.25, -0.2) is 0 Å². The van der Waals surface area contributed by atoms with Crippen molar-refractivity contribution in [2.24, 2.45) is 11.3 Å². The Morgan fingerprint density at radius 2 is 1.92 bits per heavy atom. The van der Waals surface area contributed by atoms with Crippen molar-refractivity contribution in [2.45, 2.75) is 34.1 Å². The molecular formula is C10H23NO. The lowest BCUT2D eigenvalue weighted by Crippen LogP contribution is -2.32. The first-order valence-electron chi connectivity index (χ1n) is 4.81. The third-order valence-electron chi connectivity index (χ3n) is 1.92. The minimum Gasteiger partial charge on any atom is -0.396 e. The van der Waals surface area contributed by atoms with Crippen LogP contribution in [0.2, 0.25) is 0 Å². The molecule has 2 N–H and O–H groups in total. The summed E-state index contributed by atoms with van der Waals surface area (Å²) < 4.78 is 0. The lowest BCUT2D eigenvalue weighted by Gasteiger charge is -2.21. The maximum atomic E-state index is 8.92. The highest BCUT2D eigenvalue weighted by atomic mass is 16.3. The molecule has 0 aliphatic heterocycles. The van der Waals surface area contributed by atoms with E-state index in [1.165, 1.54) is 0 Å². The number of aliphatic hydroxyl groups excluding tert-OH is 1. The van der Waals surface area contributed by atoms with Gasteiger partial charge in [0.1, 0.15) is 0 Å². The molecule has 0 spiro atoms. The minimum atomic E-state index is 0.299. The van der Waals surface area contributed by atoms with E-state index in [4.69, 9.17) is 5.11 Å². The average Bonchev–Trinajstić information content (AvgIpc) is 1.96. The molecule has 0 aromatic carbocycles. The maximum absolute atomic E-state index is 8.92. The molecule has 2 heteroatoms. The van der Waals surface area contributed by atoms with Crippen molar-refractivity contribution < 1.29 is 5.11 Å². The first-order chi connectivity index (χ1) is 5.49. The Kier molecular flexibility index (Phi) is 5.51. The van der Waals surface area contributed by atoms with Gasteiger partial charge in [-0.05, 0) is 17.8 Å². The molecule has 1 atom stereocenters. The molecule has 0 bridgehead atoms. The van der Waals surface area contributed by atoms with Crippen molar-refractivity contribution in [3.05, 3.63) is 0 Å². The molecule has 0 heterocycles. The zero-order chi connectivity index (χ0) is 9.61. The van der Waals surface area contributed by atoms with Crippen LogP contribution in [0.1, 0.15) is 34.1 Å². The highest BCUT2D eigenvalue weighted by molar-refractivity contribution is 4.67. The van der Waals surface area contributed by atoms with Crippen molar-refractivity contribution in [2.75, 3.05) is 19.7 Å². The van der Waals surface area contributed by atoms with Crippen LogP contribution in [-0.2, 0) is 0 Å². The molecule has 0 amide bonds. The number of rotatable bonds is 5. The van der Waals surface area contributed by atoms with Gasteiger partial charge in [-0.2, -0.15) is 0 Å². The van der Waals surface area contributed by atoms with Gasteiger partial charge in [0.2, 0.25) is 0 Å². The molecule has 2 nitrogen and oxygen atoms in total. The van der Waals surface area contributed by atoms with Gasteiger partial charge < -0.3 is 10.4 Å². The van der Waals surface area contributed by atoms with E-state index in [9.17, 15) is 0 Å². The summed E-state index contributed by atoms with van der Waals surface area (Å²) in [5.74, 6) is 0.423. The Balaban J connectivity index is 3.41. The Labute approximate surface area is 76.4 Å². The van der Waals surface area contributed by atoms with Crippen LogP contribution < -0.4 is 5.32 Å². The van der Waals surface area contributed by atoms with Gasteiger partial charge >= 0.3 is 0 Å². The molecule has 0 radical (unpaired) electrons. The van der Waals surface area contributed by atoms with E-state index in [2.05, 4.69) is 33.0 Å². The van der Waals surface area contributed by atoms with E-state index in [-0.39, 0.29) is 0 Å². The van der Waals surface area contributed by atoms with Gasteiger partial charge in [-0.1, -0.05) is 27.7 Å². The van der Waals surface area contributed by atoms with Crippen LogP contribution in [0.25, 0.3) is 0 Å². The molecule has 0 aromatic heterocycles. The van der Waals surface area contributed by atoms with E-state index < -0.39 is 0 Å². The second-order valence-electron chi connectivity index (χ2n) is 4.65. The van der Waals surface area contributed by atoms with Gasteiger partial charge in [0, 0.05) is 19.7 Å². The molecule has 1 unspecified atom stereocenters. The molecule has 0 aliphatic carbocycles. The molecule has 12 heavy (non-hydrogen) atoms. The number of nitrogens with one attached hydrogen (secondary N) is 1. The standard InChI is InChI=1S/C10H23NO/c1-5-9(7-12)6-11-8-10(2,3)4/h9,11-12H,5-8H2,1-4H3. The molecule has 0 saturated carbocycles. The van der Waals surface area contributed by atoms with Crippen molar-refractivity contribution in [1.82, 2.24) is 5.32 Å². The first kappa shape index (κ1) is 11.9. The second-order valence-corrected chi connectivity index (χ2v) is 4.65. The third-order valence-corrected chi connectivity index (χ3v) is 1.92. The highest BCUT2D eigenvalue weighted by Gasteiger charge is 2.10. The molecule has 0 saturated heterocycles. The third kappa shape index (κ3) is 6.62. The fraction of sp³-hybridized carbons (Fsp3) is 1.00. The number of hydrogen-bond donors (Lipinski definition) is 2. The Bertz CT molecular complexity index is 103.